The van der Waals surface area contributed by atoms with Crippen LogP contribution in [0.15, 0.2) is 48.7 Å². The summed E-state index contributed by atoms with van der Waals surface area (Å²) in [6.07, 6.45) is 2.66. The molecule has 1 saturated heterocycles. The third kappa shape index (κ3) is 3.56. The Morgan fingerprint density at radius 3 is 2.47 bits per heavy atom. The van der Waals surface area contributed by atoms with Crippen molar-refractivity contribution < 1.29 is 18.4 Å². The van der Waals surface area contributed by atoms with Crippen LogP contribution in [-0.2, 0) is 11.3 Å². The van der Waals surface area contributed by atoms with Gasteiger partial charge in [0.05, 0.1) is 0 Å². The van der Waals surface area contributed by atoms with Gasteiger partial charge >= 0.3 is 0 Å². The Hall–Kier alpha value is -3.22. The molecule has 0 spiro atoms. The zero-order chi connectivity index (χ0) is 21.4. The van der Waals surface area contributed by atoms with Gasteiger partial charge in [0.1, 0.15) is 23.7 Å². The molecule has 0 radical (unpaired) electrons. The normalized spacial score (nSPS) is 16.3. The Bertz CT molecular complexity index is 1100. The third-order valence-corrected chi connectivity index (χ3v) is 5.72. The van der Waals surface area contributed by atoms with Gasteiger partial charge < -0.3 is 14.4 Å². The van der Waals surface area contributed by atoms with Gasteiger partial charge in [-0.3, -0.25) is 9.59 Å². The number of carbonyl (C=O) groups is 2. The van der Waals surface area contributed by atoms with E-state index >= 15 is 0 Å². The predicted molar refractivity (Wildman–Crippen MR) is 110 cm³/mol. The maximum atomic E-state index is 14.0. The monoisotopic (exact) mass is 411 g/mol. The Labute approximate surface area is 173 Å². The number of para-hydroxylation sites is 1. The van der Waals surface area contributed by atoms with E-state index in [9.17, 15) is 18.4 Å². The molecule has 156 valence electrons. The minimum absolute atomic E-state index is 0.0134. The number of hydrogen-bond acceptors (Lipinski definition) is 2. The number of aromatic nitrogens is 1. The van der Waals surface area contributed by atoms with Gasteiger partial charge in [-0.05, 0) is 30.2 Å². The SMILES string of the molecule is CN(C)C(=O)Cn1cc(C2CCN(C(=O)c3c(F)cccc3F)C2)c2ccccc21. The van der Waals surface area contributed by atoms with Gasteiger partial charge in [-0.15, -0.1) is 0 Å². The van der Waals surface area contributed by atoms with Gasteiger partial charge in [-0.1, -0.05) is 24.3 Å². The van der Waals surface area contributed by atoms with Crippen LogP contribution >= 0.6 is 0 Å². The van der Waals surface area contributed by atoms with Crippen LogP contribution in [0.25, 0.3) is 10.9 Å². The molecule has 5 nitrogen and oxygen atoms in total. The van der Waals surface area contributed by atoms with Gasteiger partial charge in [0.2, 0.25) is 5.91 Å². The molecule has 1 aliphatic heterocycles. The average molecular weight is 411 g/mol. The number of hydrogen-bond donors (Lipinski definition) is 0. The summed E-state index contributed by atoms with van der Waals surface area (Å²) in [5, 5.41) is 1.03. The lowest BCUT2D eigenvalue weighted by Crippen LogP contribution is -2.30. The Morgan fingerprint density at radius 1 is 1.07 bits per heavy atom. The summed E-state index contributed by atoms with van der Waals surface area (Å²) in [6.45, 7) is 1.03. The highest BCUT2D eigenvalue weighted by Crippen LogP contribution is 2.34. The van der Waals surface area contributed by atoms with Gasteiger partial charge in [0.25, 0.3) is 5.91 Å². The lowest BCUT2D eigenvalue weighted by molar-refractivity contribution is -0.129. The molecule has 2 heterocycles. The molecule has 2 amide bonds. The van der Waals surface area contributed by atoms with Crippen LogP contribution in [0.4, 0.5) is 8.78 Å². The van der Waals surface area contributed by atoms with Crippen molar-refractivity contribution in [3.63, 3.8) is 0 Å². The van der Waals surface area contributed by atoms with E-state index in [1.54, 1.807) is 19.0 Å². The van der Waals surface area contributed by atoms with Crippen LogP contribution in [0.1, 0.15) is 28.3 Å². The summed E-state index contributed by atoms with van der Waals surface area (Å²) >= 11 is 0. The lowest BCUT2D eigenvalue weighted by atomic mass is 9.98. The van der Waals surface area contributed by atoms with Crippen LogP contribution < -0.4 is 0 Å². The minimum Gasteiger partial charge on any atom is -0.347 e. The number of halogens is 2. The van der Waals surface area contributed by atoms with Crippen LogP contribution in [-0.4, -0.2) is 53.4 Å². The lowest BCUT2D eigenvalue weighted by Gasteiger charge is -2.17. The molecule has 1 fully saturated rings. The van der Waals surface area contributed by atoms with Crippen LogP contribution in [0.3, 0.4) is 0 Å². The van der Waals surface area contributed by atoms with Crippen molar-refractivity contribution in [1.82, 2.24) is 14.4 Å². The number of amides is 2. The summed E-state index contributed by atoms with van der Waals surface area (Å²) in [7, 11) is 3.44. The zero-order valence-corrected chi connectivity index (χ0v) is 16.9. The fourth-order valence-corrected chi connectivity index (χ4v) is 4.08. The number of likely N-dealkylation sites (tertiary alicyclic amines) is 1. The second-order valence-electron chi connectivity index (χ2n) is 7.85. The van der Waals surface area contributed by atoms with Crippen LogP contribution in [0.2, 0.25) is 0 Å². The van der Waals surface area contributed by atoms with Gasteiger partial charge in [-0.25, -0.2) is 8.78 Å². The van der Waals surface area contributed by atoms with Crippen molar-refractivity contribution in [2.75, 3.05) is 27.2 Å². The van der Waals surface area contributed by atoms with E-state index in [4.69, 9.17) is 0 Å². The number of benzene rings is 2. The highest BCUT2D eigenvalue weighted by molar-refractivity contribution is 5.95. The second-order valence-corrected chi connectivity index (χ2v) is 7.85. The standard InChI is InChI=1S/C23H23F2N3O2/c1-26(2)21(29)14-28-13-17(16-6-3-4-9-20(16)28)15-10-11-27(12-15)23(30)22-18(24)7-5-8-19(22)25/h3-9,13,15H,10-12,14H2,1-2H3. The van der Waals surface area contributed by atoms with Crippen molar-refractivity contribution in [1.29, 1.82) is 0 Å². The molecular formula is C23H23F2N3O2. The van der Waals surface area contributed by atoms with Crippen molar-refractivity contribution in [3.8, 4) is 0 Å². The summed E-state index contributed by atoms with van der Waals surface area (Å²) in [5.41, 5.74) is 1.49. The fourth-order valence-electron chi connectivity index (χ4n) is 4.08. The maximum absolute atomic E-state index is 14.0. The number of fused-ring (bicyclic) bond motifs is 1. The quantitative estimate of drug-likeness (QED) is 0.658. The van der Waals surface area contributed by atoms with Crippen molar-refractivity contribution in [2.45, 2.75) is 18.9 Å². The van der Waals surface area contributed by atoms with Crippen LogP contribution in [0, 0.1) is 11.6 Å². The Kier molecular flexibility index (Phi) is 5.28. The molecule has 4 rings (SSSR count). The first-order valence-corrected chi connectivity index (χ1v) is 9.88. The maximum Gasteiger partial charge on any atom is 0.259 e. The largest absolute Gasteiger partial charge is 0.347 e. The van der Waals surface area contributed by atoms with Gasteiger partial charge in [-0.2, -0.15) is 0 Å². The molecule has 0 N–H and O–H groups in total. The van der Waals surface area contributed by atoms with Crippen molar-refractivity contribution >= 4 is 22.7 Å². The van der Waals surface area contributed by atoms with E-state index in [1.165, 1.54) is 11.0 Å². The number of rotatable bonds is 4. The molecule has 1 aliphatic rings. The zero-order valence-electron chi connectivity index (χ0n) is 16.9. The molecule has 3 aromatic rings. The fraction of sp³-hybridized carbons (Fsp3) is 0.304. The van der Waals surface area contributed by atoms with Crippen molar-refractivity contribution in [2.24, 2.45) is 0 Å². The van der Waals surface area contributed by atoms with Crippen LogP contribution in [0.5, 0.6) is 0 Å². The first kappa shape index (κ1) is 20.1. The highest BCUT2D eigenvalue weighted by Gasteiger charge is 2.32. The molecular weight excluding hydrogens is 388 g/mol. The predicted octanol–water partition coefficient (Wildman–Crippen LogP) is 3.64. The molecule has 1 unspecified atom stereocenters. The number of nitrogens with zero attached hydrogens (tertiary/aromatic N) is 3. The Balaban J connectivity index is 1.61. The van der Waals surface area contributed by atoms with E-state index in [0.717, 1.165) is 28.6 Å². The third-order valence-electron chi connectivity index (χ3n) is 5.72. The topological polar surface area (TPSA) is 45.6 Å². The smallest absolute Gasteiger partial charge is 0.259 e. The molecule has 2 aromatic carbocycles. The summed E-state index contributed by atoms with van der Waals surface area (Å²) in [6, 6.07) is 11.3. The molecule has 0 bridgehead atoms. The molecule has 30 heavy (non-hydrogen) atoms. The minimum atomic E-state index is -0.845. The number of likely N-dealkylation sites (N-methyl/N-ethyl adjacent to an activating group) is 1. The molecule has 7 heteroatoms. The van der Waals surface area contributed by atoms with Crippen molar-refractivity contribution in [3.05, 3.63) is 71.4 Å². The molecule has 0 saturated carbocycles. The van der Waals surface area contributed by atoms with E-state index < -0.39 is 23.1 Å². The van der Waals surface area contributed by atoms with E-state index in [-0.39, 0.29) is 18.4 Å². The van der Waals surface area contributed by atoms with Gasteiger partial charge in [0, 0.05) is 50.2 Å². The molecule has 1 aromatic heterocycles. The van der Waals surface area contributed by atoms with E-state index in [1.807, 2.05) is 35.0 Å². The molecule has 1 atom stereocenters. The molecule has 0 aliphatic carbocycles. The summed E-state index contributed by atoms with van der Waals surface area (Å²) in [5.74, 6) is -2.30. The first-order valence-electron chi connectivity index (χ1n) is 9.88. The van der Waals surface area contributed by atoms with Gasteiger partial charge in [0.15, 0.2) is 0 Å². The first-order chi connectivity index (χ1) is 14.4. The summed E-state index contributed by atoms with van der Waals surface area (Å²) in [4.78, 5) is 28.0. The van der Waals surface area contributed by atoms with E-state index in [2.05, 4.69) is 0 Å². The number of carbonyl (C=O) groups excluding carboxylic acids is 2. The second kappa shape index (κ2) is 7.89. The highest BCUT2D eigenvalue weighted by atomic mass is 19.1. The average Bonchev–Trinajstić information content (AvgIpc) is 3.33. The van der Waals surface area contributed by atoms with E-state index in [0.29, 0.717) is 19.5 Å². The Morgan fingerprint density at radius 2 is 1.77 bits per heavy atom. The summed E-state index contributed by atoms with van der Waals surface area (Å²) < 4.78 is 30.0.